The van der Waals surface area contributed by atoms with Gasteiger partial charge in [-0.2, -0.15) is 15.0 Å². The van der Waals surface area contributed by atoms with Gasteiger partial charge in [-0.1, -0.05) is 28.9 Å². The minimum Gasteiger partial charge on any atom is -0.424 e. The number of ether oxygens (including phenoxy) is 1. The van der Waals surface area contributed by atoms with Crippen LogP contribution in [0.4, 0.5) is 11.9 Å². The van der Waals surface area contributed by atoms with Gasteiger partial charge in [0.15, 0.2) is 0 Å². The molecule has 0 saturated heterocycles. The number of hydrogen-bond acceptors (Lipinski definition) is 6. The molecule has 1 aromatic heterocycles. The van der Waals surface area contributed by atoms with Crippen molar-refractivity contribution in [3.63, 3.8) is 0 Å². The SMILES string of the molecule is CCCNc1nc(Oc2cccc(Br)c2)nc(N(C)C)n1. The second kappa shape index (κ2) is 7.21. The van der Waals surface area contributed by atoms with Gasteiger partial charge in [-0.15, -0.1) is 0 Å². The van der Waals surface area contributed by atoms with E-state index in [2.05, 4.69) is 43.1 Å². The smallest absolute Gasteiger partial charge is 0.328 e. The molecule has 0 fully saturated rings. The Bertz CT molecular complexity index is 606. The lowest BCUT2D eigenvalue weighted by Crippen LogP contribution is -2.16. The molecular formula is C14H18BrN5O. The van der Waals surface area contributed by atoms with Crippen LogP contribution in [0.15, 0.2) is 28.7 Å². The summed E-state index contributed by atoms with van der Waals surface area (Å²) in [7, 11) is 3.75. The fourth-order valence-corrected chi connectivity index (χ4v) is 1.92. The lowest BCUT2D eigenvalue weighted by Gasteiger charge is -2.13. The molecule has 7 heteroatoms. The maximum absolute atomic E-state index is 5.71. The lowest BCUT2D eigenvalue weighted by molar-refractivity contribution is 0.440. The van der Waals surface area contributed by atoms with Crippen LogP contribution in [0.5, 0.6) is 11.8 Å². The molecule has 1 aromatic carbocycles. The van der Waals surface area contributed by atoms with Crippen molar-refractivity contribution in [3.8, 4) is 11.8 Å². The molecule has 1 N–H and O–H groups in total. The molecule has 112 valence electrons. The fourth-order valence-electron chi connectivity index (χ4n) is 1.54. The summed E-state index contributed by atoms with van der Waals surface area (Å²) >= 11 is 3.41. The van der Waals surface area contributed by atoms with Crippen LogP contribution < -0.4 is 15.0 Å². The Morgan fingerprint density at radius 1 is 1.24 bits per heavy atom. The van der Waals surface area contributed by atoms with Crippen LogP contribution in [-0.2, 0) is 0 Å². The van der Waals surface area contributed by atoms with Gasteiger partial charge >= 0.3 is 6.01 Å². The second-order valence-electron chi connectivity index (χ2n) is 4.62. The summed E-state index contributed by atoms with van der Waals surface area (Å²) < 4.78 is 6.65. The molecule has 0 aliphatic carbocycles. The van der Waals surface area contributed by atoms with Gasteiger partial charge in [0.2, 0.25) is 11.9 Å². The Labute approximate surface area is 132 Å². The van der Waals surface area contributed by atoms with Gasteiger partial charge < -0.3 is 15.0 Å². The molecule has 1 heterocycles. The first kappa shape index (κ1) is 15.5. The highest BCUT2D eigenvalue weighted by Gasteiger charge is 2.10. The van der Waals surface area contributed by atoms with Crippen molar-refractivity contribution in [3.05, 3.63) is 28.7 Å². The summed E-state index contributed by atoms with van der Waals surface area (Å²) in [6, 6.07) is 7.80. The Balaban J connectivity index is 2.26. The molecule has 2 rings (SSSR count). The number of anilines is 2. The first-order valence-electron chi connectivity index (χ1n) is 6.69. The Kier molecular flexibility index (Phi) is 5.32. The molecule has 0 aliphatic heterocycles. The zero-order chi connectivity index (χ0) is 15.2. The Morgan fingerprint density at radius 2 is 2.05 bits per heavy atom. The molecule has 0 amide bonds. The number of hydrogen-bond donors (Lipinski definition) is 1. The summed E-state index contributed by atoms with van der Waals surface area (Å²) in [5.74, 6) is 1.73. The number of nitrogens with zero attached hydrogens (tertiary/aromatic N) is 4. The van der Waals surface area contributed by atoms with Crippen molar-refractivity contribution in [2.45, 2.75) is 13.3 Å². The van der Waals surface area contributed by atoms with Crippen molar-refractivity contribution in [2.75, 3.05) is 30.9 Å². The van der Waals surface area contributed by atoms with Crippen molar-refractivity contribution >= 4 is 27.8 Å². The van der Waals surface area contributed by atoms with Gasteiger partial charge in [0.1, 0.15) is 5.75 Å². The van der Waals surface area contributed by atoms with E-state index in [0.29, 0.717) is 17.6 Å². The first-order chi connectivity index (χ1) is 10.1. The van der Waals surface area contributed by atoms with Gasteiger partial charge in [-0.05, 0) is 24.6 Å². The summed E-state index contributed by atoms with van der Waals surface area (Å²) in [6.07, 6.45) is 0.991. The normalized spacial score (nSPS) is 10.3. The van der Waals surface area contributed by atoms with E-state index in [1.807, 2.05) is 43.3 Å². The van der Waals surface area contributed by atoms with Gasteiger partial charge in [-0.3, -0.25) is 0 Å². The molecule has 0 bridgehead atoms. The van der Waals surface area contributed by atoms with Crippen molar-refractivity contribution in [1.29, 1.82) is 0 Å². The van der Waals surface area contributed by atoms with E-state index >= 15 is 0 Å². The van der Waals surface area contributed by atoms with E-state index in [1.165, 1.54) is 0 Å². The highest BCUT2D eigenvalue weighted by Crippen LogP contribution is 2.23. The first-order valence-corrected chi connectivity index (χ1v) is 7.48. The van der Waals surface area contributed by atoms with E-state index in [1.54, 1.807) is 0 Å². The maximum atomic E-state index is 5.71. The van der Waals surface area contributed by atoms with E-state index < -0.39 is 0 Å². The Morgan fingerprint density at radius 3 is 2.71 bits per heavy atom. The van der Waals surface area contributed by atoms with Gasteiger partial charge in [0.25, 0.3) is 0 Å². The standard InChI is InChI=1S/C14H18BrN5O/c1-4-8-16-12-17-13(20(2)3)19-14(18-12)21-11-7-5-6-10(15)9-11/h5-7,9H,4,8H2,1-3H3,(H,16,17,18,19). The summed E-state index contributed by atoms with van der Waals surface area (Å²) in [5, 5.41) is 3.15. The molecular weight excluding hydrogens is 334 g/mol. The van der Waals surface area contributed by atoms with E-state index in [4.69, 9.17) is 4.74 Å². The fraction of sp³-hybridized carbons (Fsp3) is 0.357. The van der Waals surface area contributed by atoms with Crippen molar-refractivity contribution in [2.24, 2.45) is 0 Å². The maximum Gasteiger partial charge on any atom is 0.328 e. The van der Waals surface area contributed by atoms with E-state index in [0.717, 1.165) is 17.4 Å². The van der Waals surface area contributed by atoms with E-state index in [-0.39, 0.29) is 6.01 Å². The van der Waals surface area contributed by atoms with Crippen molar-refractivity contribution < 1.29 is 4.74 Å². The average molecular weight is 352 g/mol. The summed E-state index contributed by atoms with van der Waals surface area (Å²) in [4.78, 5) is 14.7. The van der Waals surface area contributed by atoms with Crippen LogP contribution in [0.2, 0.25) is 0 Å². The zero-order valence-electron chi connectivity index (χ0n) is 12.3. The van der Waals surface area contributed by atoms with Crippen LogP contribution in [0.1, 0.15) is 13.3 Å². The molecule has 0 radical (unpaired) electrons. The molecule has 6 nitrogen and oxygen atoms in total. The summed E-state index contributed by atoms with van der Waals surface area (Å²) in [6.45, 7) is 2.88. The van der Waals surface area contributed by atoms with Crippen LogP contribution >= 0.6 is 15.9 Å². The molecule has 21 heavy (non-hydrogen) atoms. The molecule has 0 spiro atoms. The average Bonchev–Trinajstić information content (AvgIpc) is 2.45. The summed E-state index contributed by atoms with van der Waals surface area (Å²) in [5.41, 5.74) is 0. The zero-order valence-corrected chi connectivity index (χ0v) is 13.9. The number of halogens is 1. The highest BCUT2D eigenvalue weighted by atomic mass is 79.9. The minimum atomic E-state index is 0.269. The quantitative estimate of drug-likeness (QED) is 0.861. The number of rotatable bonds is 6. The lowest BCUT2D eigenvalue weighted by atomic mass is 10.3. The largest absolute Gasteiger partial charge is 0.424 e. The molecule has 0 aliphatic rings. The van der Waals surface area contributed by atoms with Crippen LogP contribution in [0.25, 0.3) is 0 Å². The third-order valence-corrected chi connectivity index (χ3v) is 3.03. The number of aromatic nitrogens is 3. The van der Waals surface area contributed by atoms with Gasteiger partial charge in [0.05, 0.1) is 0 Å². The topological polar surface area (TPSA) is 63.2 Å². The third kappa shape index (κ3) is 4.56. The predicted molar refractivity (Wildman–Crippen MR) is 87.2 cm³/mol. The molecule has 2 aromatic rings. The monoisotopic (exact) mass is 351 g/mol. The number of benzene rings is 1. The second-order valence-corrected chi connectivity index (χ2v) is 5.54. The van der Waals surface area contributed by atoms with Crippen LogP contribution in [-0.4, -0.2) is 35.6 Å². The molecule has 0 saturated carbocycles. The number of nitrogens with one attached hydrogen (secondary N) is 1. The predicted octanol–water partition coefficient (Wildman–Crippen LogP) is 3.31. The highest BCUT2D eigenvalue weighted by molar-refractivity contribution is 9.10. The van der Waals surface area contributed by atoms with E-state index in [9.17, 15) is 0 Å². The molecule has 0 atom stereocenters. The van der Waals surface area contributed by atoms with Crippen LogP contribution in [0.3, 0.4) is 0 Å². The Hall–Kier alpha value is -1.89. The minimum absolute atomic E-state index is 0.269. The van der Waals surface area contributed by atoms with Crippen LogP contribution in [0, 0.1) is 0 Å². The van der Waals surface area contributed by atoms with Crippen molar-refractivity contribution in [1.82, 2.24) is 15.0 Å². The van der Waals surface area contributed by atoms with Gasteiger partial charge in [0, 0.05) is 25.1 Å². The van der Waals surface area contributed by atoms with Gasteiger partial charge in [-0.25, -0.2) is 0 Å². The third-order valence-electron chi connectivity index (χ3n) is 2.54. The molecule has 0 unspecified atom stereocenters.